The Kier molecular flexibility index (Phi) is 26.8. The van der Waals surface area contributed by atoms with Crippen molar-refractivity contribution in [2.24, 2.45) is 0 Å². The van der Waals surface area contributed by atoms with Crippen molar-refractivity contribution in [1.29, 1.82) is 0 Å². The quantitative estimate of drug-likeness (QED) is 0.0835. The fourth-order valence-corrected chi connectivity index (χ4v) is 3.13. The van der Waals surface area contributed by atoms with Gasteiger partial charge in [0.1, 0.15) is 19.3 Å². The van der Waals surface area contributed by atoms with Crippen molar-refractivity contribution < 1.29 is 138 Å². The normalized spacial score (nSPS) is 9.71. The zero-order chi connectivity index (χ0) is 32.7. The van der Waals surface area contributed by atoms with E-state index in [2.05, 4.69) is 52.5 Å². The molecule has 2 amide bonds. The van der Waals surface area contributed by atoms with Crippen LogP contribution in [0.4, 0.5) is 32.3 Å². The standard InChI is InChI=1S/C16H24N2O2Si.C13H16N2O2.CH2O3.CH4.2K.H/c1-16(2,3)20-15(19)18-14-8-7-12(11-13(14)17)9-10-21(4,5)6;1-5-9-6-7-11(10(14)8-9)15-12(16)17-13(2,3)4;2-1-4-3;;;;/h7-8,11H,17H2,1-6H3,(H,18,19);1,6-8H,14H2,2-4H3,(H,15,16);1,3H;1H4;;;/q;;;;2*+1;-1/p-1. The molecule has 0 aliphatic rings. The Morgan fingerprint density at radius 1 is 0.867 bits per heavy atom. The molecule has 0 spiro atoms. The van der Waals surface area contributed by atoms with E-state index in [0.717, 1.165) is 5.56 Å². The first-order valence-electron chi connectivity index (χ1n) is 12.7. The summed E-state index contributed by atoms with van der Waals surface area (Å²) in [4.78, 5) is 34.5. The Bertz CT molecular complexity index is 1340. The monoisotopic (exact) mass is 692 g/mol. The molecular weight excluding hydrogens is 647 g/mol. The molecule has 2 rings (SSSR count). The second kappa shape index (κ2) is 23.9. The zero-order valence-corrected chi connectivity index (χ0v) is 34.9. The van der Waals surface area contributed by atoms with Crippen LogP contribution >= 0.6 is 0 Å². The maximum atomic E-state index is 11.7. The van der Waals surface area contributed by atoms with Gasteiger partial charge < -0.3 is 32.5 Å². The molecule has 0 aromatic heterocycles. The molecule has 0 heterocycles. The summed E-state index contributed by atoms with van der Waals surface area (Å²) in [7, 11) is -1.42. The molecule has 0 aliphatic heterocycles. The van der Waals surface area contributed by atoms with Gasteiger partial charge >= 0.3 is 115 Å². The molecule has 0 saturated heterocycles. The number of nitrogen functional groups attached to an aromatic ring is 2. The summed E-state index contributed by atoms with van der Waals surface area (Å²) in [6.07, 6.45) is 4.17. The zero-order valence-electron chi connectivity index (χ0n) is 28.6. The predicted octanol–water partition coefficient (Wildman–Crippen LogP) is -0.367. The van der Waals surface area contributed by atoms with Crippen LogP contribution in [0, 0.1) is 23.8 Å². The summed E-state index contributed by atoms with van der Waals surface area (Å²) in [6, 6.07) is 10.3. The largest absolute Gasteiger partial charge is 1.00 e. The van der Waals surface area contributed by atoms with Gasteiger partial charge in [-0.15, -0.1) is 12.0 Å². The van der Waals surface area contributed by atoms with Gasteiger partial charge in [0.05, 0.1) is 22.7 Å². The van der Waals surface area contributed by atoms with E-state index in [1.165, 1.54) is 0 Å². The van der Waals surface area contributed by atoms with E-state index < -0.39 is 31.5 Å². The number of amides is 2. The van der Waals surface area contributed by atoms with Crippen molar-refractivity contribution >= 4 is 49.5 Å². The van der Waals surface area contributed by atoms with Crippen LogP contribution in [0.15, 0.2) is 36.4 Å². The predicted molar refractivity (Wildman–Crippen MR) is 175 cm³/mol. The van der Waals surface area contributed by atoms with Crippen LogP contribution in [-0.4, -0.2) is 37.9 Å². The molecule has 0 fully saturated rings. The third-order valence-corrected chi connectivity index (χ3v) is 5.04. The molecule has 6 N–H and O–H groups in total. The minimum atomic E-state index is -1.42. The van der Waals surface area contributed by atoms with Gasteiger partial charge in [0, 0.05) is 11.1 Å². The SMILES string of the molecule is C.C#Cc1ccc(NC(=O)OC(C)(C)C)c(N)c1.CC(C)(C)OC(=O)Nc1ccc(C#C[Si](C)(C)C)cc1N.O=CO[O-].[H-].[K+].[K+]. The van der Waals surface area contributed by atoms with E-state index in [1.807, 2.05) is 26.8 Å². The van der Waals surface area contributed by atoms with Crippen molar-refractivity contribution in [3.63, 3.8) is 0 Å². The number of hydrogen-bond acceptors (Lipinski definition) is 9. The number of carbonyl (C=O) groups excluding carboxylic acids is 3. The van der Waals surface area contributed by atoms with E-state index in [-0.39, 0.29) is 118 Å². The fraction of sp³-hybridized carbons (Fsp3) is 0.387. The fourth-order valence-electron chi connectivity index (χ4n) is 2.61. The summed E-state index contributed by atoms with van der Waals surface area (Å²) in [5.74, 6) is 5.59. The van der Waals surface area contributed by atoms with Gasteiger partial charge in [-0.05, 0) is 77.9 Å². The van der Waals surface area contributed by atoms with Gasteiger partial charge in [-0.1, -0.05) is 38.9 Å². The second-order valence-electron chi connectivity index (χ2n) is 11.7. The van der Waals surface area contributed by atoms with Gasteiger partial charge in [0.2, 0.25) is 0 Å². The van der Waals surface area contributed by atoms with Crippen LogP contribution in [-0.2, 0) is 19.2 Å². The van der Waals surface area contributed by atoms with Gasteiger partial charge in [-0.3, -0.25) is 15.4 Å². The van der Waals surface area contributed by atoms with Crippen molar-refractivity contribution in [1.82, 2.24) is 0 Å². The van der Waals surface area contributed by atoms with Crippen molar-refractivity contribution in [2.45, 2.75) is 79.8 Å². The van der Waals surface area contributed by atoms with Crippen LogP contribution in [0.25, 0.3) is 0 Å². The van der Waals surface area contributed by atoms with Crippen LogP contribution in [0.5, 0.6) is 0 Å². The van der Waals surface area contributed by atoms with E-state index in [0.29, 0.717) is 28.3 Å². The third-order valence-electron chi connectivity index (χ3n) is 4.16. The summed E-state index contributed by atoms with van der Waals surface area (Å²) in [5.41, 5.74) is 17.3. The number of rotatable bonds is 3. The summed E-state index contributed by atoms with van der Waals surface area (Å²) < 4.78 is 10.3. The van der Waals surface area contributed by atoms with E-state index in [1.54, 1.807) is 51.1 Å². The minimum Gasteiger partial charge on any atom is -1.00 e. The Morgan fingerprint density at radius 3 is 1.51 bits per heavy atom. The smallest absolute Gasteiger partial charge is 1.00 e. The molecule has 0 saturated carbocycles. The number of terminal acetylenes is 1. The van der Waals surface area contributed by atoms with Crippen LogP contribution in [0.2, 0.25) is 19.6 Å². The van der Waals surface area contributed by atoms with E-state index in [4.69, 9.17) is 37.4 Å². The molecular formula is C31H46K2N4O7Si. The summed E-state index contributed by atoms with van der Waals surface area (Å²) >= 11 is 0. The molecule has 2 aromatic carbocycles. The first-order valence-corrected chi connectivity index (χ1v) is 16.2. The molecule has 2 aromatic rings. The molecule has 0 unspecified atom stereocenters. The summed E-state index contributed by atoms with van der Waals surface area (Å²) in [5, 5.41) is 13.6. The van der Waals surface area contributed by atoms with E-state index >= 15 is 0 Å². The molecule has 0 radical (unpaired) electrons. The second-order valence-corrected chi connectivity index (χ2v) is 16.4. The number of nitrogens with one attached hydrogen (secondary N) is 2. The maximum Gasteiger partial charge on any atom is 1.00 e. The van der Waals surface area contributed by atoms with Crippen LogP contribution in [0.3, 0.4) is 0 Å². The summed E-state index contributed by atoms with van der Waals surface area (Å²) in [6.45, 7) is 17.2. The van der Waals surface area contributed by atoms with Crippen molar-refractivity contribution in [3.05, 3.63) is 47.5 Å². The third kappa shape index (κ3) is 26.4. The Labute approximate surface area is 355 Å². The van der Waals surface area contributed by atoms with Crippen LogP contribution in [0.1, 0.15) is 61.5 Å². The Morgan fingerprint density at radius 2 is 1.22 bits per heavy atom. The van der Waals surface area contributed by atoms with Gasteiger partial charge in [-0.25, -0.2) is 9.59 Å². The molecule has 0 atom stereocenters. The molecule has 0 bridgehead atoms. The van der Waals surface area contributed by atoms with Gasteiger partial charge in [0.25, 0.3) is 6.47 Å². The number of hydrogen-bond donors (Lipinski definition) is 4. The van der Waals surface area contributed by atoms with Crippen LogP contribution < -0.4 is 130 Å². The molecule has 14 heteroatoms. The van der Waals surface area contributed by atoms with Crippen molar-refractivity contribution in [2.75, 3.05) is 22.1 Å². The van der Waals surface area contributed by atoms with E-state index in [9.17, 15) is 9.59 Å². The van der Waals surface area contributed by atoms with Crippen molar-refractivity contribution in [3.8, 4) is 23.8 Å². The molecule has 45 heavy (non-hydrogen) atoms. The number of ether oxygens (including phenoxy) is 2. The number of carbonyl (C=O) groups is 3. The topological polar surface area (TPSA) is 178 Å². The Balaban J connectivity index is -0.000000205. The van der Waals surface area contributed by atoms with Gasteiger partial charge in [0.15, 0.2) is 0 Å². The average molecular weight is 693 g/mol. The Hall–Kier alpha value is -1.38. The first kappa shape index (κ1) is 50.5. The number of anilines is 4. The number of nitrogens with two attached hydrogens (primary N) is 2. The molecule has 0 aliphatic carbocycles. The maximum absolute atomic E-state index is 11.7. The minimum absolute atomic E-state index is 0. The molecule has 238 valence electrons. The number of benzene rings is 2. The molecule has 11 nitrogen and oxygen atoms in total. The first-order chi connectivity index (χ1) is 19.2. The average Bonchev–Trinajstić information content (AvgIpc) is 2.83. The van der Waals surface area contributed by atoms with Gasteiger partial charge in [-0.2, -0.15) is 0 Å².